The van der Waals surface area contributed by atoms with Crippen LogP contribution in [0.15, 0.2) is 68.2 Å². The molecule has 2 amide bonds. The van der Waals surface area contributed by atoms with Crippen molar-refractivity contribution in [3.8, 4) is 17.2 Å². The molecule has 1 saturated carbocycles. The molecule has 208 valence electrons. The van der Waals surface area contributed by atoms with Crippen molar-refractivity contribution >= 4 is 66.9 Å². The summed E-state index contributed by atoms with van der Waals surface area (Å²) in [7, 11) is 1.37. The molecule has 14 heteroatoms. The Morgan fingerprint density at radius 2 is 1.77 bits per heavy atom. The number of likely N-dealkylation sites (tertiary alicyclic amines) is 1. The van der Waals surface area contributed by atoms with Crippen LogP contribution in [0.25, 0.3) is 5.69 Å². The second-order valence-corrected chi connectivity index (χ2v) is 12.3. The van der Waals surface area contributed by atoms with Crippen LogP contribution in [0.5, 0.6) is 11.5 Å². The Balaban J connectivity index is 1.63. The molecule has 2 aromatic carbocycles. The van der Waals surface area contributed by atoms with Gasteiger partial charge in [0.05, 0.1) is 35.3 Å². The Morgan fingerprint density at radius 3 is 2.42 bits per heavy atom. The molecular formula is C26H20Br2Cl2N4O6. The molecule has 10 nitrogen and oxygen atoms in total. The van der Waals surface area contributed by atoms with Gasteiger partial charge in [-0.25, -0.2) is 23.5 Å². The van der Waals surface area contributed by atoms with Gasteiger partial charge in [0, 0.05) is 12.3 Å². The van der Waals surface area contributed by atoms with E-state index in [2.05, 4.69) is 31.9 Å². The predicted octanol–water partition coefficient (Wildman–Crippen LogP) is 3.62. The van der Waals surface area contributed by atoms with E-state index in [-0.39, 0.29) is 34.4 Å². The summed E-state index contributed by atoms with van der Waals surface area (Å²) >= 11 is 20.9. The highest BCUT2D eigenvalue weighted by Gasteiger charge is 2.75. The van der Waals surface area contributed by atoms with Crippen LogP contribution < -0.4 is 16.1 Å². The normalized spacial score (nSPS) is 27.2. The summed E-state index contributed by atoms with van der Waals surface area (Å²) < 4.78 is 9.25. The van der Waals surface area contributed by atoms with Gasteiger partial charge in [-0.1, -0.05) is 40.2 Å². The average Bonchev–Trinajstić information content (AvgIpc) is 3.28. The van der Waals surface area contributed by atoms with Gasteiger partial charge in [0.2, 0.25) is 0 Å². The van der Waals surface area contributed by atoms with Crippen molar-refractivity contribution in [1.82, 2.24) is 18.8 Å². The van der Waals surface area contributed by atoms with Crippen molar-refractivity contribution in [2.24, 2.45) is 0 Å². The minimum absolute atomic E-state index is 0.0131. The van der Waals surface area contributed by atoms with E-state index in [1.807, 2.05) is 0 Å². The number of ether oxygens (including phenoxy) is 1. The number of rotatable bonds is 4. The summed E-state index contributed by atoms with van der Waals surface area (Å²) in [5, 5.41) is 10.5. The maximum Gasteiger partial charge on any atom is 0.352 e. The lowest BCUT2D eigenvalue weighted by Crippen LogP contribution is -2.59. The minimum atomic E-state index is -1.99. The largest absolute Gasteiger partial charge is 0.503 e. The fourth-order valence-corrected chi connectivity index (χ4v) is 7.97. The van der Waals surface area contributed by atoms with Crippen LogP contribution in [0.2, 0.25) is 0 Å². The first-order valence-corrected chi connectivity index (χ1v) is 14.7. The van der Waals surface area contributed by atoms with Crippen molar-refractivity contribution in [1.29, 1.82) is 0 Å². The van der Waals surface area contributed by atoms with Crippen LogP contribution in [0.3, 0.4) is 0 Å². The third-order valence-corrected chi connectivity index (χ3v) is 10.4. The zero-order valence-electron chi connectivity index (χ0n) is 20.7. The molecule has 40 heavy (non-hydrogen) atoms. The van der Waals surface area contributed by atoms with Gasteiger partial charge in [-0.15, -0.1) is 23.2 Å². The molecule has 0 radical (unpaired) electrons. The van der Waals surface area contributed by atoms with E-state index >= 15 is 0 Å². The van der Waals surface area contributed by atoms with Crippen molar-refractivity contribution in [2.75, 3.05) is 12.6 Å². The molecule has 6 rings (SSSR count). The average molecular weight is 715 g/mol. The van der Waals surface area contributed by atoms with E-state index in [1.54, 1.807) is 42.5 Å². The van der Waals surface area contributed by atoms with Crippen LogP contribution >= 0.6 is 55.1 Å². The summed E-state index contributed by atoms with van der Waals surface area (Å²) in [5.41, 5.74) is 0.0303. The molecule has 3 aliphatic rings. The summed E-state index contributed by atoms with van der Waals surface area (Å²) in [6.07, 6.45) is 1.52. The fraction of sp³-hybridized carbons (Fsp3) is 0.308. The van der Waals surface area contributed by atoms with Crippen LogP contribution in [-0.4, -0.2) is 58.1 Å². The monoisotopic (exact) mass is 712 g/mol. The first kappa shape index (κ1) is 27.4. The second-order valence-electron chi connectivity index (χ2n) is 9.74. The van der Waals surface area contributed by atoms with Gasteiger partial charge >= 0.3 is 11.4 Å². The summed E-state index contributed by atoms with van der Waals surface area (Å²) in [6, 6.07) is 10.7. The van der Waals surface area contributed by atoms with Crippen LogP contribution in [0.4, 0.5) is 0 Å². The number of alkyl halides is 3. The lowest BCUT2D eigenvalue weighted by Gasteiger charge is -2.49. The summed E-state index contributed by atoms with van der Waals surface area (Å²) in [4.78, 5) is 51.8. The van der Waals surface area contributed by atoms with Gasteiger partial charge in [0.1, 0.15) is 0 Å². The van der Waals surface area contributed by atoms with Crippen molar-refractivity contribution < 1.29 is 19.4 Å². The van der Waals surface area contributed by atoms with E-state index in [9.17, 15) is 24.3 Å². The highest BCUT2D eigenvalue weighted by atomic mass is 79.9. The van der Waals surface area contributed by atoms with Crippen LogP contribution in [-0.2, 0) is 16.1 Å². The number of phenols is 1. The number of carbonyl (C=O) groups excluding carboxylic acids is 2. The number of aromatic nitrogens is 3. The number of hydrogen-bond acceptors (Lipinski definition) is 6. The van der Waals surface area contributed by atoms with Gasteiger partial charge in [-0.05, 0) is 51.3 Å². The maximum atomic E-state index is 13.8. The number of hydrogen-bond donors (Lipinski definition) is 1. The zero-order chi connectivity index (χ0) is 28.7. The molecule has 1 saturated heterocycles. The number of amides is 2. The zero-order valence-corrected chi connectivity index (χ0v) is 25.4. The van der Waals surface area contributed by atoms with Gasteiger partial charge in [0.15, 0.2) is 21.2 Å². The Labute approximate surface area is 253 Å². The Bertz CT molecular complexity index is 1750. The summed E-state index contributed by atoms with van der Waals surface area (Å²) in [6.45, 7) is 0.0131. The Kier molecular flexibility index (Phi) is 6.41. The third kappa shape index (κ3) is 3.39. The number of aromatic hydroxyl groups is 1. The highest BCUT2D eigenvalue weighted by Crippen LogP contribution is 2.64. The maximum absolute atomic E-state index is 13.8. The Morgan fingerprint density at radius 1 is 1.07 bits per heavy atom. The topological polar surface area (TPSA) is 116 Å². The van der Waals surface area contributed by atoms with Gasteiger partial charge < -0.3 is 9.84 Å². The van der Waals surface area contributed by atoms with Crippen molar-refractivity contribution in [3.05, 3.63) is 85.1 Å². The van der Waals surface area contributed by atoms with E-state index < -0.39 is 44.9 Å². The van der Waals surface area contributed by atoms with E-state index in [4.69, 9.17) is 27.9 Å². The number of imide groups is 1. The number of allylic oxidation sites excluding steroid dienone is 2. The number of fused-ring (bicyclic) bond motifs is 4. The lowest BCUT2D eigenvalue weighted by molar-refractivity contribution is -0.138. The summed E-state index contributed by atoms with van der Waals surface area (Å²) in [5.74, 6) is -2.52. The lowest BCUT2D eigenvalue weighted by atomic mass is 9.64. The van der Waals surface area contributed by atoms with E-state index in [0.29, 0.717) is 16.8 Å². The highest BCUT2D eigenvalue weighted by molar-refractivity contribution is 9.10. The molecule has 1 aromatic heterocycles. The smallest absolute Gasteiger partial charge is 0.352 e. The molecule has 0 unspecified atom stereocenters. The first-order valence-electron chi connectivity index (χ1n) is 12.1. The predicted molar refractivity (Wildman–Crippen MR) is 154 cm³/mol. The molecule has 4 atom stereocenters. The molecule has 1 N–H and O–H groups in total. The molecular weight excluding hydrogens is 695 g/mol. The van der Waals surface area contributed by atoms with Gasteiger partial charge in [0.25, 0.3) is 11.8 Å². The van der Waals surface area contributed by atoms with Crippen molar-refractivity contribution in [3.63, 3.8) is 0 Å². The first-order chi connectivity index (χ1) is 19.0. The molecule has 2 fully saturated rings. The molecule has 1 aliphatic carbocycles. The van der Waals surface area contributed by atoms with Crippen LogP contribution in [0, 0.1) is 0 Å². The fourth-order valence-electron chi connectivity index (χ4n) is 6.10. The number of methoxy groups -OCH3 is 1. The van der Waals surface area contributed by atoms with Crippen LogP contribution in [0.1, 0.15) is 23.9 Å². The Hall–Kier alpha value is -2.80. The number of carbonyl (C=O) groups is 2. The number of phenolic OH excluding ortho intramolecular Hbond substituents is 1. The van der Waals surface area contributed by atoms with Gasteiger partial charge in [-0.2, -0.15) is 0 Å². The number of nitrogens with zero attached hydrogens (tertiary/aromatic N) is 4. The van der Waals surface area contributed by atoms with Crippen molar-refractivity contribution in [2.45, 2.75) is 34.7 Å². The van der Waals surface area contributed by atoms with Gasteiger partial charge in [-0.3, -0.25) is 14.5 Å². The molecule has 0 spiro atoms. The molecule has 0 bridgehead atoms. The SMILES string of the molecule is COc1cc([C@H]2C3=CCn4c(=O)n(-c5ccccc5)c(=O)n4[C@@H]3C[C@@]3(Cl)C(=O)N(CBr)C(=O)[C@@]23Cl)cc(Br)c1O. The second kappa shape index (κ2) is 9.37. The number of para-hydroxylation sites is 1. The van der Waals surface area contributed by atoms with E-state index in [1.165, 1.54) is 22.5 Å². The standard InChI is InChI=1S/C26H20Br2Cl2N4O6/c1-40-18-10-13(9-16(28)20(18)35)19-15-7-8-32-23(38)33(14-5-3-2-4-6-14)24(39)34(32)17(15)11-25(29)21(36)31(12-27)22(37)26(19,25)30/h2-7,9-10,17,19,35H,8,11-12H2,1H3/t17-,19+,25-,26+/m1/s1. The molecule has 3 aromatic rings. The quantitative estimate of drug-likeness (QED) is 0.191. The minimum Gasteiger partial charge on any atom is -0.503 e. The number of benzene rings is 2. The van der Waals surface area contributed by atoms with E-state index in [0.717, 1.165) is 9.47 Å². The third-order valence-electron chi connectivity index (χ3n) is 7.90. The molecule has 2 aliphatic heterocycles. The number of halogens is 4. The molecule has 3 heterocycles.